The molecule has 3 aromatic rings. The van der Waals surface area contributed by atoms with Crippen molar-refractivity contribution in [3.63, 3.8) is 0 Å². The Morgan fingerprint density at radius 3 is 2.45 bits per heavy atom. The second-order valence-electron chi connectivity index (χ2n) is 8.36. The van der Waals surface area contributed by atoms with Crippen LogP contribution in [0.5, 0.6) is 5.75 Å². The molecule has 0 fully saturated rings. The average molecular weight is 472 g/mol. The molecule has 1 N–H and O–H groups in total. The van der Waals surface area contributed by atoms with E-state index in [4.69, 9.17) is 16.3 Å². The number of rotatable bonds is 9. The van der Waals surface area contributed by atoms with Crippen molar-refractivity contribution < 1.29 is 13.9 Å². The number of nitrogens with one attached hydrogen (secondary N) is 1. The number of benzene rings is 2. The molecule has 0 aliphatic carbocycles. The number of ether oxygens (including phenoxy) is 1. The molecule has 0 bridgehead atoms. The van der Waals surface area contributed by atoms with E-state index in [0.717, 1.165) is 5.56 Å². The smallest absolute Gasteiger partial charge is 0.258 e. The van der Waals surface area contributed by atoms with Crippen LogP contribution >= 0.6 is 11.6 Å². The van der Waals surface area contributed by atoms with Crippen molar-refractivity contribution in [2.75, 3.05) is 5.32 Å². The van der Waals surface area contributed by atoms with E-state index in [2.05, 4.69) is 10.3 Å². The number of Topliss-reactive ketones (excluding diaryl/α,β-unsaturated/α-hetero) is 1. The van der Waals surface area contributed by atoms with Crippen LogP contribution in [0.4, 0.5) is 16.0 Å². The second-order valence-corrected chi connectivity index (χ2v) is 8.80. The Kier molecular flexibility index (Phi) is 7.87. The summed E-state index contributed by atoms with van der Waals surface area (Å²) in [6, 6.07) is 11.5. The maximum absolute atomic E-state index is 14.5. The Bertz CT molecular complexity index is 1190. The predicted molar refractivity (Wildman–Crippen MR) is 128 cm³/mol. The quantitative estimate of drug-likeness (QED) is 0.453. The molecule has 0 saturated heterocycles. The van der Waals surface area contributed by atoms with Crippen molar-refractivity contribution in [1.82, 2.24) is 9.55 Å². The largest absolute Gasteiger partial charge is 0.488 e. The van der Waals surface area contributed by atoms with Crippen molar-refractivity contribution in [3.05, 3.63) is 81.0 Å². The van der Waals surface area contributed by atoms with E-state index in [1.54, 1.807) is 32.0 Å². The summed E-state index contributed by atoms with van der Waals surface area (Å²) in [5, 5.41) is 3.60. The van der Waals surface area contributed by atoms with Crippen LogP contribution in [0.1, 0.15) is 38.8 Å². The van der Waals surface area contributed by atoms with Gasteiger partial charge in [0.1, 0.15) is 5.78 Å². The normalized spacial score (nSPS) is 11.2. The first-order chi connectivity index (χ1) is 15.6. The standard InChI is InChI=1S/C25H27ClFN3O3/c1-15(2)22(31)11-18-13-28-25(29-20-9-10-23(21(27)12-20)33-16(3)4)30(24(18)32)14-17-5-7-19(26)8-6-17/h5-10,12-13,15-16H,11,14H2,1-4H3,(H,28,29). The fourth-order valence-corrected chi connectivity index (χ4v) is 3.25. The molecular weight excluding hydrogens is 445 g/mol. The Morgan fingerprint density at radius 2 is 1.85 bits per heavy atom. The zero-order chi connectivity index (χ0) is 24.1. The molecule has 2 aromatic carbocycles. The molecule has 0 spiro atoms. The summed E-state index contributed by atoms with van der Waals surface area (Å²) in [5.41, 5.74) is 1.20. The third-order valence-corrected chi connectivity index (χ3v) is 5.18. The van der Waals surface area contributed by atoms with Gasteiger partial charge < -0.3 is 10.1 Å². The first-order valence-electron chi connectivity index (χ1n) is 10.7. The Labute approximate surface area is 197 Å². The van der Waals surface area contributed by atoms with Crippen LogP contribution in [-0.4, -0.2) is 21.4 Å². The SMILES string of the molecule is CC(C)Oc1ccc(Nc2ncc(CC(=O)C(C)C)c(=O)n2Cc2ccc(Cl)cc2)cc1F. The molecule has 0 saturated carbocycles. The molecule has 0 radical (unpaired) electrons. The highest BCUT2D eigenvalue weighted by atomic mass is 35.5. The monoisotopic (exact) mass is 471 g/mol. The summed E-state index contributed by atoms with van der Waals surface area (Å²) >= 11 is 5.98. The van der Waals surface area contributed by atoms with Gasteiger partial charge in [0.2, 0.25) is 5.95 Å². The first-order valence-corrected chi connectivity index (χ1v) is 11.1. The fraction of sp³-hybridized carbons (Fsp3) is 0.320. The molecule has 3 rings (SSSR count). The van der Waals surface area contributed by atoms with Crippen LogP contribution in [0, 0.1) is 11.7 Å². The lowest BCUT2D eigenvalue weighted by Crippen LogP contribution is -2.29. The van der Waals surface area contributed by atoms with E-state index < -0.39 is 5.82 Å². The number of hydrogen-bond acceptors (Lipinski definition) is 5. The molecule has 8 heteroatoms. The van der Waals surface area contributed by atoms with Gasteiger partial charge in [-0.15, -0.1) is 0 Å². The van der Waals surface area contributed by atoms with Gasteiger partial charge in [-0.2, -0.15) is 0 Å². The highest BCUT2D eigenvalue weighted by molar-refractivity contribution is 6.30. The minimum atomic E-state index is -0.528. The Morgan fingerprint density at radius 1 is 1.15 bits per heavy atom. The van der Waals surface area contributed by atoms with Gasteiger partial charge in [0.15, 0.2) is 11.6 Å². The summed E-state index contributed by atoms with van der Waals surface area (Å²) in [6.45, 7) is 7.41. The highest BCUT2D eigenvalue weighted by Gasteiger charge is 2.16. The lowest BCUT2D eigenvalue weighted by molar-refractivity contribution is -0.121. The van der Waals surface area contributed by atoms with Crippen molar-refractivity contribution in [1.29, 1.82) is 0 Å². The van der Waals surface area contributed by atoms with Gasteiger partial charge in [-0.25, -0.2) is 9.37 Å². The molecule has 6 nitrogen and oxygen atoms in total. The van der Waals surface area contributed by atoms with E-state index in [0.29, 0.717) is 16.3 Å². The molecule has 0 atom stereocenters. The Balaban J connectivity index is 1.98. The molecule has 0 aliphatic rings. The number of ketones is 1. The van der Waals surface area contributed by atoms with Crippen LogP contribution < -0.4 is 15.6 Å². The summed E-state index contributed by atoms with van der Waals surface area (Å²) < 4.78 is 21.3. The zero-order valence-corrected chi connectivity index (χ0v) is 19.8. The van der Waals surface area contributed by atoms with Crippen molar-refractivity contribution in [2.24, 2.45) is 5.92 Å². The average Bonchev–Trinajstić information content (AvgIpc) is 2.75. The molecule has 1 heterocycles. The Hall–Kier alpha value is -3.19. The lowest BCUT2D eigenvalue weighted by Gasteiger charge is -2.16. The summed E-state index contributed by atoms with van der Waals surface area (Å²) in [4.78, 5) is 29.9. The number of hydrogen-bond donors (Lipinski definition) is 1. The lowest BCUT2D eigenvalue weighted by atomic mass is 10.0. The van der Waals surface area contributed by atoms with Gasteiger partial charge in [-0.05, 0) is 43.7 Å². The van der Waals surface area contributed by atoms with Crippen LogP contribution in [0.25, 0.3) is 0 Å². The van der Waals surface area contributed by atoms with Gasteiger partial charge in [0, 0.05) is 40.9 Å². The topological polar surface area (TPSA) is 73.2 Å². The van der Waals surface area contributed by atoms with E-state index in [9.17, 15) is 14.0 Å². The number of carbonyl (C=O) groups is 1. The highest BCUT2D eigenvalue weighted by Crippen LogP contribution is 2.24. The predicted octanol–water partition coefficient (Wildman–Crippen LogP) is 5.38. The number of anilines is 2. The summed E-state index contributed by atoms with van der Waals surface area (Å²) in [7, 11) is 0. The fourth-order valence-electron chi connectivity index (χ4n) is 3.12. The van der Waals surface area contributed by atoms with E-state index in [-0.39, 0.29) is 48.0 Å². The maximum Gasteiger partial charge on any atom is 0.258 e. The minimum Gasteiger partial charge on any atom is -0.488 e. The molecule has 0 aliphatic heterocycles. The van der Waals surface area contributed by atoms with Gasteiger partial charge in [0.05, 0.1) is 12.6 Å². The van der Waals surface area contributed by atoms with Gasteiger partial charge in [0.25, 0.3) is 5.56 Å². The van der Waals surface area contributed by atoms with E-state index in [1.807, 2.05) is 26.0 Å². The molecule has 0 amide bonds. The third-order valence-electron chi connectivity index (χ3n) is 4.93. The van der Waals surface area contributed by atoms with Crippen molar-refractivity contribution in [3.8, 4) is 5.75 Å². The van der Waals surface area contributed by atoms with Crippen LogP contribution in [-0.2, 0) is 17.8 Å². The number of carbonyl (C=O) groups excluding carboxylic acids is 1. The maximum atomic E-state index is 14.5. The van der Waals surface area contributed by atoms with Gasteiger partial charge in [-0.3, -0.25) is 14.2 Å². The first kappa shape index (κ1) is 24.5. The number of nitrogens with zero attached hydrogens (tertiary/aromatic N) is 2. The molecule has 174 valence electrons. The summed E-state index contributed by atoms with van der Waals surface area (Å²) in [6.07, 6.45) is 1.24. The van der Waals surface area contributed by atoms with Gasteiger partial charge in [-0.1, -0.05) is 37.6 Å². The van der Waals surface area contributed by atoms with E-state index in [1.165, 1.54) is 22.9 Å². The van der Waals surface area contributed by atoms with Crippen molar-refractivity contribution >= 4 is 29.0 Å². The molecular formula is C25H27ClFN3O3. The number of halogens is 2. The third kappa shape index (κ3) is 6.42. The second kappa shape index (κ2) is 10.6. The van der Waals surface area contributed by atoms with Gasteiger partial charge >= 0.3 is 0 Å². The zero-order valence-electron chi connectivity index (χ0n) is 19.1. The molecule has 0 unspecified atom stereocenters. The van der Waals surface area contributed by atoms with Crippen LogP contribution in [0.2, 0.25) is 5.02 Å². The van der Waals surface area contributed by atoms with Crippen LogP contribution in [0.3, 0.4) is 0 Å². The number of aromatic nitrogens is 2. The molecule has 1 aromatic heterocycles. The van der Waals surface area contributed by atoms with Crippen LogP contribution in [0.15, 0.2) is 53.5 Å². The van der Waals surface area contributed by atoms with Crippen molar-refractivity contribution in [2.45, 2.75) is 46.8 Å². The minimum absolute atomic E-state index is 0.000262. The van der Waals surface area contributed by atoms with E-state index >= 15 is 0 Å². The summed E-state index contributed by atoms with van der Waals surface area (Å²) in [5.74, 6) is -0.395. The molecule has 33 heavy (non-hydrogen) atoms.